The van der Waals surface area contributed by atoms with E-state index in [4.69, 9.17) is 4.42 Å². The van der Waals surface area contributed by atoms with Gasteiger partial charge in [0.25, 0.3) is 0 Å². The first-order valence-corrected chi connectivity index (χ1v) is 18.1. The van der Waals surface area contributed by atoms with Crippen molar-refractivity contribution in [3.8, 4) is 22.3 Å². The van der Waals surface area contributed by atoms with Crippen LogP contribution in [0.5, 0.6) is 0 Å². The number of benzene rings is 6. The van der Waals surface area contributed by atoms with Gasteiger partial charge in [-0.25, -0.2) is 0 Å². The average Bonchev–Trinajstić information content (AvgIpc) is 3.59. The number of furan rings is 1. The molecular weight excluding hydrogens is 619 g/mol. The molecule has 0 fully saturated rings. The lowest BCUT2D eigenvalue weighted by Crippen LogP contribution is -2.17. The zero-order valence-corrected chi connectivity index (χ0v) is 29.5. The fourth-order valence-corrected chi connectivity index (χ4v) is 9.03. The maximum atomic E-state index is 6.74. The van der Waals surface area contributed by atoms with E-state index in [9.17, 15) is 0 Å². The standard InChI is InChI=1S/C49H39NO/c1-48(2)40-18-10-6-9-16-35(40)37-27-26-34(28-42(37)48)50(33-24-22-32(23-25-33)31-14-7-5-8-15-31)44-20-13-21-45-47(44)39-29-38-36-17-11-12-19-41(36)49(3,4)43(38)30-46(39)51-45/h5,7-30H,6H2,1-4H3. The molecule has 0 amide bonds. The van der Waals surface area contributed by atoms with E-state index in [0.717, 1.165) is 45.4 Å². The molecule has 0 saturated carbocycles. The van der Waals surface area contributed by atoms with Crippen LogP contribution in [0.3, 0.4) is 0 Å². The Kier molecular flexibility index (Phi) is 6.36. The van der Waals surface area contributed by atoms with Gasteiger partial charge in [0, 0.05) is 27.6 Å². The molecular formula is C49H39NO. The van der Waals surface area contributed by atoms with Crippen molar-refractivity contribution in [2.45, 2.75) is 44.9 Å². The largest absolute Gasteiger partial charge is 0.456 e. The van der Waals surface area contributed by atoms with Crippen LogP contribution in [0.1, 0.15) is 56.4 Å². The molecule has 51 heavy (non-hydrogen) atoms. The molecule has 0 bridgehead atoms. The SMILES string of the molecule is CC1(C)C2=C(C=CCC=C2)c2ccc(N(c3ccc(-c4ccccc4)cc3)c3cccc4oc5cc6c(cc5c34)-c3ccccc3C6(C)C)cc21. The lowest BCUT2D eigenvalue weighted by molar-refractivity contribution is 0.647. The molecule has 0 saturated heterocycles. The van der Waals surface area contributed by atoms with Gasteiger partial charge in [-0.2, -0.15) is 0 Å². The molecule has 3 aliphatic rings. The summed E-state index contributed by atoms with van der Waals surface area (Å²) in [7, 11) is 0. The van der Waals surface area contributed by atoms with Gasteiger partial charge in [-0.15, -0.1) is 0 Å². The third kappa shape index (κ3) is 4.36. The molecule has 10 rings (SSSR count). The van der Waals surface area contributed by atoms with Crippen molar-refractivity contribution in [2.75, 3.05) is 4.90 Å². The van der Waals surface area contributed by atoms with Crippen LogP contribution in [0.15, 0.2) is 162 Å². The molecule has 7 aromatic rings. The summed E-state index contributed by atoms with van der Waals surface area (Å²) in [6.45, 7) is 9.39. The number of anilines is 3. The van der Waals surface area contributed by atoms with Gasteiger partial charge in [0.1, 0.15) is 11.2 Å². The van der Waals surface area contributed by atoms with Crippen molar-refractivity contribution >= 4 is 44.6 Å². The molecule has 6 aromatic carbocycles. The van der Waals surface area contributed by atoms with E-state index >= 15 is 0 Å². The molecule has 0 spiro atoms. The normalized spacial score (nSPS) is 16.2. The molecule has 0 atom stereocenters. The van der Waals surface area contributed by atoms with Crippen molar-refractivity contribution in [2.24, 2.45) is 0 Å². The van der Waals surface area contributed by atoms with Gasteiger partial charge in [-0.05, 0) is 111 Å². The molecule has 2 nitrogen and oxygen atoms in total. The number of hydrogen-bond donors (Lipinski definition) is 0. The lowest BCUT2D eigenvalue weighted by Gasteiger charge is -2.29. The monoisotopic (exact) mass is 657 g/mol. The fraction of sp³-hybridized carbons (Fsp3) is 0.143. The summed E-state index contributed by atoms with van der Waals surface area (Å²) in [6.07, 6.45) is 10.2. The highest BCUT2D eigenvalue weighted by molar-refractivity contribution is 6.15. The van der Waals surface area contributed by atoms with Crippen molar-refractivity contribution < 1.29 is 4.42 Å². The van der Waals surface area contributed by atoms with E-state index in [1.165, 1.54) is 55.7 Å². The molecule has 0 N–H and O–H groups in total. The lowest BCUT2D eigenvalue weighted by atomic mass is 9.80. The third-order valence-electron chi connectivity index (χ3n) is 11.7. The van der Waals surface area contributed by atoms with Crippen LogP contribution >= 0.6 is 0 Å². The van der Waals surface area contributed by atoms with Crippen LogP contribution in [0.2, 0.25) is 0 Å². The van der Waals surface area contributed by atoms with Crippen molar-refractivity contribution in [1.82, 2.24) is 0 Å². The molecule has 3 aliphatic carbocycles. The number of hydrogen-bond acceptors (Lipinski definition) is 2. The first-order chi connectivity index (χ1) is 24.8. The van der Waals surface area contributed by atoms with E-state index in [2.05, 4.69) is 184 Å². The topological polar surface area (TPSA) is 16.4 Å². The van der Waals surface area contributed by atoms with Crippen molar-refractivity contribution in [3.05, 3.63) is 180 Å². The highest BCUT2D eigenvalue weighted by Crippen LogP contribution is 2.53. The third-order valence-corrected chi connectivity index (χ3v) is 11.7. The second-order valence-electron chi connectivity index (χ2n) is 15.3. The molecule has 1 heterocycles. The number of rotatable bonds is 4. The van der Waals surface area contributed by atoms with Gasteiger partial charge in [-0.1, -0.05) is 131 Å². The quantitative estimate of drug-likeness (QED) is 0.187. The summed E-state index contributed by atoms with van der Waals surface area (Å²) in [5.74, 6) is 0. The Morgan fingerprint density at radius 1 is 0.529 bits per heavy atom. The maximum absolute atomic E-state index is 6.74. The Morgan fingerprint density at radius 2 is 1.25 bits per heavy atom. The maximum Gasteiger partial charge on any atom is 0.137 e. The van der Waals surface area contributed by atoms with Crippen LogP contribution in [-0.4, -0.2) is 0 Å². The smallest absolute Gasteiger partial charge is 0.137 e. The highest BCUT2D eigenvalue weighted by Gasteiger charge is 2.38. The van der Waals surface area contributed by atoms with Gasteiger partial charge in [0.15, 0.2) is 0 Å². The Morgan fingerprint density at radius 3 is 2.10 bits per heavy atom. The molecule has 246 valence electrons. The van der Waals surface area contributed by atoms with E-state index in [0.29, 0.717) is 0 Å². The Hall–Kier alpha value is -5.86. The molecule has 0 unspecified atom stereocenters. The van der Waals surface area contributed by atoms with Gasteiger partial charge in [-0.3, -0.25) is 0 Å². The Labute approximate surface area is 299 Å². The van der Waals surface area contributed by atoms with E-state index in [-0.39, 0.29) is 10.8 Å². The fourth-order valence-electron chi connectivity index (χ4n) is 9.03. The van der Waals surface area contributed by atoms with Crippen LogP contribution in [0, 0.1) is 0 Å². The zero-order valence-electron chi connectivity index (χ0n) is 29.5. The minimum absolute atomic E-state index is 0.0950. The number of allylic oxidation sites excluding steroid dienone is 6. The molecule has 0 aliphatic heterocycles. The average molecular weight is 658 g/mol. The summed E-state index contributed by atoms with van der Waals surface area (Å²) >= 11 is 0. The van der Waals surface area contributed by atoms with Crippen LogP contribution in [0.25, 0.3) is 49.8 Å². The van der Waals surface area contributed by atoms with E-state index in [1.54, 1.807) is 0 Å². The summed E-state index contributed by atoms with van der Waals surface area (Å²) in [6, 6.07) is 46.7. The van der Waals surface area contributed by atoms with Gasteiger partial charge in [0.2, 0.25) is 0 Å². The Bertz CT molecular complexity index is 2640. The molecule has 1 aromatic heterocycles. The molecule has 2 heteroatoms. The van der Waals surface area contributed by atoms with Crippen LogP contribution in [0.4, 0.5) is 17.1 Å². The van der Waals surface area contributed by atoms with E-state index < -0.39 is 0 Å². The van der Waals surface area contributed by atoms with Gasteiger partial charge >= 0.3 is 0 Å². The zero-order chi connectivity index (χ0) is 34.5. The van der Waals surface area contributed by atoms with Crippen molar-refractivity contribution in [1.29, 1.82) is 0 Å². The highest BCUT2D eigenvalue weighted by atomic mass is 16.3. The summed E-state index contributed by atoms with van der Waals surface area (Å²) in [5.41, 5.74) is 18.1. The van der Waals surface area contributed by atoms with Gasteiger partial charge in [0.05, 0.1) is 11.1 Å². The number of fused-ring (bicyclic) bond motifs is 8. The number of nitrogens with zero attached hydrogens (tertiary/aromatic N) is 1. The van der Waals surface area contributed by atoms with Crippen LogP contribution in [-0.2, 0) is 10.8 Å². The predicted molar refractivity (Wildman–Crippen MR) is 214 cm³/mol. The first kappa shape index (κ1) is 30.0. The second kappa shape index (κ2) is 10.8. The van der Waals surface area contributed by atoms with Crippen molar-refractivity contribution in [3.63, 3.8) is 0 Å². The summed E-state index contributed by atoms with van der Waals surface area (Å²) in [4.78, 5) is 2.43. The molecule has 0 radical (unpaired) electrons. The minimum Gasteiger partial charge on any atom is -0.456 e. The Balaban J connectivity index is 1.20. The predicted octanol–water partition coefficient (Wildman–Crippen LogP) is 13.6. The summed E-state index contributed by atoms with van der Waals surface area (Å²) in [5, 5.41) is 2.27. The van der Waals surface area contributed by atoms with Crippen LogP contribution < -0.4 is 4.90 Å². The first-order valence-electron chi connectivity index (χ1n) is 18.1. The summed E-state index contributed by atoms with van der Waals surface area (Å²) < 4.78 is 6.74. The second-order valence-corrected chi connectivity index (χ2v) is 15.3. The van der Waals surface area contributed by atoms with E-state index in [1.807, 2.05) is 0 Å². The minimum atomic E-state index is -0.121. The van der Waals surface area contributed by atoms with Gasteiger partial charge < -0.3 is 9.32 Å².